The van der Waals surface area contributed by atoms with E-state index in [0.29, 0.717) is 22.0 Å². The first-order valence-electron chi connectivity index (χ1n) is 4.63. The third kappa shape index (κ3) is 2.81. The summed E-state index contributed by atoms with van der Waals surface area (Å²) in [7, 11) is 0. The Morgan fingerprint density at radius 2 is 2.25 bits per heavy atom. The van der Waals surface area contributed by atoms with Gasteiger partial charge in [0.1, 0.15) is 0 Å². The van der Waals surface area contributed by atoms with Gasteiger partial charge in [0, 0.05) is 10.9 Å². The monoisotopic (exact) mass is 283 g/mol. The van der Waals surface area contributed by atoms with Crippen LogP contribution in [0.3, 0.4) is 0 Å². The molecule has 5 heteroatoms. The second kappa shape index (κ2) is 5.64. The molecule has 0 aliphatic heterocycles. The summed E-state index contributed by atoms with van der Waals surface area (Å²) in [5, 5.41) is 26.8. The maximum Gasteiger partial charge on any atom is 0.337 e. The van der Waals surface area contributed by atoms with Gasteiger partial charge in [0.05, 0.1) is 6.07 Å². The average Bonchev–Trinajstić information content (AvgIpc) is 2.26. The molecule has 2 N–H and O–H groups in total. The van der Waals surface area contributed by atoms with Gasteiger partial charge in [0.25, 0.3) is 0 Å². The van der Waals surface area contributed by atoms with Crippen molar-refractivity contribution >= 4 is 21.9 Å². The molecule has 1 unspecified atom stereocenters. The van der Waals surface area contributed by atoms with Gasteiger partial charge in [-0.2, -0.15) is 5.26 Å². The molecule has 0 heterocycles. The second-order valence-corrected chi connectivity index (χ2v) is 4.06. The number of hydrogen-bond donors (Lipinski definition) is 2. The summed E-state index contributed by atoms with van der Waals surface area (Å²) in [4.78, 5) is 10.7. The molecule has 1 aromatic rings. The first-order valence-corrected chi connectivity index (χ1v) is 5.42. The number of aliphatic hydroxyl groups excluding tert-OH is 1. The number of carboxylic acid groups (broad SMARTS) is 1. The third-order valence-corrected chi connectivity index (χ3v) is 2.91. The Labute approximate surface area is 101 Å². The number of carboxylic acids is 1. The van der Waals surface area contributed by atoms with E-state index in [9.17, 15) is 9.90 Å². The lowest BCUT2D eigenvalue weighted by Crippen LogP contribution is -2.13. The van der Waals surface area contributed by atoms with E-state index in [-0.39, 0.29) is 6.42 Å². The molecule has 0 spiro atoms. The predicted octanol–water partition coefficient (Wildman–Crippen LogP) is 2.02. The van der Waals surface area contributed by atoms with E-state index in [0.717, 1.165) is 0 Å². The first kappa shape index (κ1) is 12.7. The van der Waals surface area contributed by atoms with Crippen LogP contribution in [-0.4, -0.2) is 16.2 Å². The van der Waals surface area contributed by atoms with Crippen LogP contribution in [0.25, 0.3) is 0 Å². The molecule has 0 radical (unpaired) electrons. The molecule has 16 heavy (non-hydrogen) atoms. The van der Waals surface area contributed by atoms with Crippen molar-refractivity contribution in [1.82, 2.24) is 0 Å². The summed E-state index contributed by atoms with van der Waals surface area (Å²) < 4.78 is 0.709. The van der Waals surface area contributed by atoms with Crippen LogP contribution in [0.15, 0.2) is 22.7 Å². The minimum atomic E-state index is -1.55. The smallest absolute Gasteiger partial charge is 0.337 e. The normalized spacial score (nSPS) is 11.8. The second-order valence-electron chi connectivity index (χ2n) is 3.21. The van der Waals surface area contributed by atoms with Crippen molar-refractivity contribution in [2.45, 2.75) is 18.9 Å². The summed E-state index contributed by atoms with van der Waals surface area (Å²) in [5.74, 6) is -1.30. The molecule has 0 saturated carbocycles. The number of nitriles is 1. The quantitative estimate of drug-likeness (QED) is 0.886. The van der Waals surface area contributed by atoms with Crippen LogP contribution in [0.1, 0.15) is 23.7 Å². The Balaban J connectivity index is 3.12. The van der Waals surface area contributed by atoms with Crippen molar-refractivity contribution in [2.24, 2.45) is 0 Å². The van der Waals surface area contributed by atoms with Gasteiger partial charge in [-0.05, 0) is 23.6 Å². The number of hydrogen-bond acceptors (Lipinski definition) is 3. The van der Waals surface area contributed by atoms with Crippen LogP contribution in [0, 0.1) is 11.3 Å². The molecule has 0 amide bonds. The highest BCUT2D eigenvalue weighted by atomic mass is 79.9. The van der Waals surface area contributed by atoms with Crippen LogP contribution in [0.2, 0.25) is 0 Å². The van der Waals surface area contributed by atoms with Crippen LogP contribution in [-0.2, 0) is 11.2 Å². The lowest BCUT2D eigenvalue weighted by atomic mass is 9.99. The van der Waals surface area contributed by atoms with Crippen molar-refractivity contribution < 1.29 is 15.0 Å². The van der Waals surface area contributed by atoms with Gasteiger partial charge >= 0.3 is 5.97 Å². The Bertz CT molecular complexity index is 439. The number of carbonyl (C=O) groups is 1. The Hall–Kier alpha value is -1.38. The zero-order valence-electron chi connectivity index (χ0n) is 8.35. The van der Waals surface area contributed by atoms with E-state index in [1.165, 1.54) is 0 Å². The SMILES string of the molecule is N#CCCc1c(Br)cccc1C(O)C(=O)O. The number of rotatable bonds is 4. The van der Waals surface area contributed by atoms with E-state index in [4.69, 9.17) is 10.4 Å². The molecule has 0 fully saturated rings. The largest absolute Gasteiger partial charge is 0.479 e. The fraction of sp³-hybridized carbons (Fsp3) is 0.273. The van der Waals surface area contributed by atoms with Crippen molar-refractivity contribution in [2.75, 3.05) is 0 Å². The molecule has 4 nitrogen and oxygen atoms in total. The van der Waals surface area contributed by atoms with E-state index in [1.54, 1.807) is 18.2 Å². The number of benzene rings is 1. The highest BCUT2D eigenvalue weighted by Gasteiger charge is 2.20. The van der Waals surface area contributed by atoms with E-state index in [1.807, 2.05) is 6.07 Å². The number of aliphatic carboxylic acids is 1. The molecular formula is C11H10BrNO3. The molecule has 0 saturated heterocycles. The third-order valence-electron chi connectivity index (χ3n) is 2.17. The summed E-state index contributed by atoms with van der Waals surface area (Å²) in [6.45, 7) is 0. The minimum Gasteiger partial charge on any atom is -0.479 e. The van der Waals surface area contributed by atoms with Gasteiger partial charge in [0.2, 0.25) is 0 Å². The highest BCUT2D eigenvalue weighted by Crippen LogP contribution is 2.26. The van der Waals surface area contributed by atoms with Crippen molar-refractivity contribution in [1.29, 1.82) is 5.26 Å². The standard InChI is InChI=1S/C11H10BrNO3/c12-9-5-1-3-8(10(14)11(15)16)7(9)4-2-6-13/h1,3,5,10,14H,2,4H2,(H,15,16). The van der Waals surface area contributed by atoms with E-state index in [2.05, 4.69) is 15.9 Å². The molecule has 0 aliphatic rings. The van der Waals surface area contributed by atoms with Crippen molar-refractivity contribution in [3.05, 3.63) is 33.8 Å². The van der Waals surface area contributed by atoms with Crippen LogP contribution >= 0.6 is 15.9 Å². The van der Waals surface area contributed by atoms with Gasteiger partial charge in [-0.15, -0.1) is 0 Å². The fourth-order valence-corrected chi connectivity index (χ4v) is 1.99. The summed E-state index contributed by atoms with van der Waals surface area (Å²) in [6.07, 6.45) is -0.856. The van der Waals surface area contributed by atoms with Crippen LogP contribution in [0.4, 0.5) is 0 Å². The van der Waals surface area contributed by atoms with Crippen molar-refractivity contribution in [3.8, 4) is 6.07 Å². The number of aliphatic hydroxyl groups is 1. The zero-order valence-corrected chi connectivity index (χ0v) is 9.94. The topological polar surface area (TPSA) is 81.3 Å². The predicted molar refractivity (Wildman–Crippen MR) is 60.7 cm³/mol. The Morgan fingerprint density at radius 3 is 2.81 bits per heavy atom. The van der Waals surface area contributed by atoms with Crippen molar-refractivity contribution in [3.63, 3.8) is 0 Å². The molecule has 1 rings (SSSR count). The molecule has 1 aromatic carbocycles. The minimum absolute atomic E-state index is 0.280. The van der Waals surface area contributed by atoms with Crippen LogP contribution < -0.4 is 0 Å². The summed E-state index contributed by atoms with van der Waals surface area (Å²) >= 11 is 3.28. The average molecular weight is 284 g/mol. The molecule has 0 aliphatic carbocycles. The Kier molecular flexibility index (Phi) is 4.47. The maximum absolute atomic E-state index is 10.7. The van der Waals surface area contributed by atoms with E-state index < -0.39 is 12.1 Å². The Morgan fingerprint density at radius 1 is 1.56 bits per heavy atom. The van der Waals surface area contributed by atoms with Gasteiger partial charge in [-0.3, -0.25) is 0 Å². The number of halogens is 1. The fourth-order valence-electron chi connectivity index (χ4n) is 1.41. The van der Waals surface area contributed by atoms with Gasteiger partial charge in [-0.25, -0.2) is 4.79 Å². The highest BCUT2D eigenvalue weighted by molar-refractivity contribution is 9.10. The van der Waals surface area contributed by atoms with Crippen LogP contribution in [0.5, 0.6) is 0 Å². The zero-order chi connectivity index (χ0) is 12.1. The maximum atomic E-state index is 10.7. The van der Waals surface area contributed by atoms with Gasteiger partial charge < -0.3 is 10.2 Å². The molecule has 1 atom stereocenters. The molecule has 0 bridgehead atoms. The first-order chi connectivity index (χ1) is 7.57. The molecular weight excluding hydrogens is 274 g/mol. The lowest BCUT2D eigenvalue weighted by Gasteiger charge is -2.12. The molecule has 84 valence electrons. The number of nitrogens with zero attached hydrogens (tertiary/aromatic N) is 1. The van der Waals surface area contributed by atoms with Gasteiger partial charge in [0.15, 0.2) is 6.10 Å². The van der Waals surface area contributed by atoms with Gasteiger partial charge in [-0.1, -0.05) is 28.1 Å². The molecule has 0 aromatic heterocycles. The summed E-state index contributed by atoms with van der Waals surface area (Å²) in [5.41, 5.74) is 0.996. The van der Waals surface area contributed by atoms with E-state index >= 15 is 0 Å². The summed E-state index contributed by atoms with van der Waals surface area (Å²) in [6, 6.07) is 6.95. The lowest BCUT2D eigenvalue weighted by molar-refractivity contribution is -0.147.